The van der Waals surface area contributed by atoms with Crippen molar-refractivity contribution in [1.29, 1.82) is 0 Å². The molecule has 1 nitrogen and oxygen atoms in total. The molecule has 0 aliphatic carbocycles. The normalized spacial score (nSPS) is 15.0. The van der Waals surface area contributed by atoms with E-state index in [1.54, 1.807) is 0 Å². The highest BCUT2D eigenvalue weighted by atomic mass is 79.9. The van der Waals surface area contributed by atoms with Crippen LogP contribution in [0, 0.1) is 0 Å². The van der Waals surface area contributed by atoms with Crippen LogP contribution < -0.4 is 0 Å². The van der Waals surface area contributed by atoms with Crippen molar-refractivity contribution in [3.05, 3.63) is 60.2 Å². The number of aliphatic hydroxyl groups excluding tert-OH is 1. The summed E-state index contributed by atoms with van der Waals surface area (Å²) in [5.41, 5.74) is 3.30. The highest BCUT2D eigenvalue weighted by Gasteiger charge is 2.17. The molecule has 130 valence electrons. The van der Waals surface area contributed by atoms with Gasteiger partial charge in [0.2, 0.25) is 0 Å². The van der Waals surface area contributed by atoms with Crippen LogP contribution in [0.3, 0.4) is 0 Å². The van der Waals surface area contributed by atoms with E-state index in [1.807, 2.05) is 36.4 Å². The van der Waals surface area contributed by atoms with E-state index in [4.69, 9.17) is 0 Å². The van der Waals surface area contributed by atoms with Crippen LogP contribution in [0.15, 0.2) is 54.6 Å². The highest BCUT2D eigenvalue weighted by Crippen LogP contribution is 2.32. The molecule has 0 bridgehead atoms. The molecule has 0 aromatic heterocycles. The first-order chi connectivity index (χ1) is 11.6. The SMILES string of the molecule is CC(Br)CCCCC(Br)CC(O)c1ccccc1-c1ccccc1. The monoisotopic (exact) mass is 452 g/mol. The molecule has 0 heterocycles. The molecular weight excluding hydrogens is 428 g/mol. The number of rotatable bonds is 9. The molecule has 1 N–H and O–H groups in total. The van der Waals surface area contributed by atoms with E-state index in [9.17, 15) is 5.11 Å². The topological polar surface area (TPSA) is 20.2 Å². The van der Waals surface area contributed by atoms with E-state index in [2.05, 4.69) is 57.0 Å². The summed E-state index contributed by atoms with van der Waals surface area (Å²) >= 11 is 7.34. The van der Waals surface area contributed by atoms with E-state index in [-0.39, 0.29) is 0 Å². The van der Waals surface area contributed by atoms with Gasteiger partial charge in [0.1, 0.15) is 0 Å². The van der Waals surface area contributed by atoms with Gasteiger partial charge in [-0.05, 0) is 36.0 Å². The zero-order chi connectivity index (χ0) is 17.4. The predicted octanol–water partition coefficient (Wildman–Crippen LogP) is 6.88. The zero-order valence-corrected chi connectivity index (χ0v) is 17.3. The van der Waals surface area contributed by atoms with Gasteiger partial charge in [0.25, 0.3) is 0 Å². The summed E-state index contributed by atoms with van der Waals surface area (Å²) in [4.78, 5) is 0.941. The summed E-state index contributed by atoms with van der Waals surface area (Å²) in [6.07, 6.45) is 5.03. The van der Waals surface area contributed by atoms with Gasteiger partial charge in [-0.25, -0.2) is 0 Å². The lowest BCUT2D eigenvalue weighted by atomic mass is 9.93. The van der Waals surface area contributed by atoms with Crippen LogP contribution in [0.4, 0.5) is 0 Å². The molecule has 0 radical (unpaired) electrons. The minimum absolute atomic E-state index is 0.349. The van der Waals surface area contributed by atoms with Crippen molar-refractivity contribution in [2.24, 2.45) is 0 Å². The van der Waals surface area contributed by atoms with Crippen molar-refractivity contribution in [2.75, 3.05) is 0 Å². The molecule has 2 aromatic rings. The van der Waals surface area contributed by atoms with Crippen LogP contribution in [0.5, 0.6) is 0 Å². The van der Waals surface area contributed by atoms with Crippen molar-refractivity contribution in [1.82, 2.24) is 0 Å². The third-order valence-corrected chi connectivity index (χ3v) is 5.54. The van der Waals surface area contributed by atoms with Crippen molar-refractivity contribution in [3.8, 4) is 11.1 Å². The molecule has 0 amide bonds. The number of hydrogen-bond donors (Lipinski definition) is 1. The molecule has 0 saturated carbocycles. The summed E-state index contributed by atoms with van der Waals surface area (Å²) in [6, 6.07) is 18.5. The number of hydrogen-bond acceptors (Lipinski definition) is 1. The Morgan fingerprint density at radius 2 is 1.50 bits per heavy atom. The number of halogens is 2. The summed E-state index contributed by atoms with van der Waals surface area (Å²) in [5, 5.41) is 10.7. The van der Waals surface area contributed by atoms with E-state index in [0.29, 0.717) is 9.65 Å². The average Bonchev–Trinajstić information content (AvgIpc) is 2.59. The van der Waals surface area contributed by atoms with Crippen molar-refractivity contribution in [3.63, 3.8) is 0 Å². The second kappa shape index (κ2) is 10.4. The molecule has 3 atom stereocenters. The van der Waals surface area contributed by atoms with Gasteiger partial charge in [0.15, 0.2) is 0 Å². The molecule has 3 unspecified atom stereocenters. The van der Waals surface area contributed by atoms with E-state index >= 15 is 0 Å². The van der Waals surface area contributed by atoms with Gasteiger partial charge in [0, 0.05) is 9.65 Å². The average molecular weight is 454 g/mol. The Bertz CT molecular complexity index is 598. The molecule has 0 aliphatic rings. The first-order valence-electron chi connectivity index (χ1n) is 8.68. The predicted molar refractivity (Wildman–Crippen MR) is 111 cm³/mol. The van der Waals surface area contributed by atoms with Crippen LogP contribution in [0.25, 0.3) is 11.1 Å². The molecule has 0 aliphatic heterocycles. The Morgan fingerprint density at radius 1 is 0.875 bits per heavy atom. The first kappa shape index (κ1) is 19.7. The lowest BCUT2D eigenvalue weighted by Gasteiger charge is -2.19. The highest BCUT2D eigenvalue weighted by molar-refractivity contribution is 9.09. The number of benzene rings is 2. The number of alkyl halides is 2. The van der Waals surface area contributed by atoms with Crippen LogP contribution in [-0.4, -0.2) is 14.8 Å². The Balaban J connectivity index is 1.96. The lowest BCUT2D eigenvalue weighted by Crippen LogP contribution is -2.08. The Morgan fingerprint density at radius 3 is 2.21 bits per heavy atom. The first-order valence-corrected chi connectivity index (χ1v) is 10.5. The van der Waals surface area contributed by atoms with Crippen molar-refractivity contribution < 1.29 is 5.11 Å². The minimum Gasteiger partial charge on any atom is -0.388 e. The third-order valence-electron chi connectivity index (χ3n) is 4.25. The van der Waals surface area contributed by atoms with Gasteiger partial charge < -0.3 is 5.11 Å². The summed E-state index contributed by atoms with van der Waals surface area (Å²) < 4.78 is 0. The van der Waals surface area contributed by atoms with Gasteiger partial charge >= 0.3 is 0 Å². The van der Waals surface area contributed by atoms with Gasteiger partial charge in [-0.15, -0.1) is 0 Å². The minimum atomic E-state index is -0.444. The molecular formula is C21H26Br2O. The fraction of sp³-hybridized carbons (Fsp3) is 0.429. The standard InChI is InChI=1S/C21H26Br2O/c1-16(22)9-5-6-12-18(23)15-21(24)20-14-8-7-13-19(20)17-10-3-2-4-11-17/h2-4,7-8,10-11,13-14,16,18,21,24H,5-6,9,12,15H2,1H3. The molecule has 0 fully saturated rings. The van der Waals surface area contributed by atoms with Gasteiger partial charge in [-0.3, -0.25) is 0 Å². The smallest absolute Gasteiger partial charge is 0.0806 e. The molecule has 3 heteroatoms. The molecule has 0 spiro atoms. The maximum Gasteiger partial charge on any atom is 0.0806 e. The molecule has 0 saturated heterocycles. The van der Waals surface area contributed by atoms with Crippen LogP contribution >= 0.6 is 31.9 Å². The maximum absolute atomic E-state index is 10.7. The van der Waals surface area contributed by atoms with Gasteiger partial charge in [-0.1, -0.05) is 106 Å². The van der Waals surface area contributed by atoms with Crippen molar-refractivity contribution in [2.45, 2.75) is 54.8 Å². The number of unbranched alkanes of at least 4 members (excludes halogenated alkanes) is 1. The van der Waals surface area contributed by atoms with E-state index in [0.717, 1.165) is 29.5 Å². The zero-order valence-electron chi connectivity index (χ0n) is 14.2. The summed E-state index contributed by atoms with van der Waals surface area (Å²) in [6.45, 7) is 2.19. The largest absolute Gasteiger partial charge is 0.388 e. The molecule has 2 rings (SSSR count). The van der Waals surface area contributed by atoms with Gasteiger partial charge in [0.05, 0.1) is 6.10 Å². The molecule has 2 aromatic carbocycles. The van der Waals surface area contributed by atoms with Crippen LogP contribution in [0.2, 0.25) is 0 Å². The fourth-order valence-electron chi connectivity index (χ4n) is 2.95. The van der Waals surface area contributed by atoms with Crippen molar-refractivity contribution >= 4 is 31.9 Å². The van der Waals surface area contributed by atoms with Crippen LogP contribution in [-0.2, 0) is 0 Å². The summed E-state index contributed by atoms with van der Waals surface area (Å²) in [5.74, 6) is 0. The van der Waals surface area contributed by atoms with Crippen LogP contribution in [0.1, 0.15) is 50.7 Å². The Hall–Kier alpha value is -0.640. The second-order valence-electron chi connectivity index (χ2n) is 6.37. The lowest BCUT2D eigenvalue weighted by molar-refractivity contribution is 0.166. The quantitative estimate of drug-likeness (QED) is 0.324. The molecule has 24 heavy (non-hydrogen) atoms. The summed E-state index contributed by atoms with van der Waals surface area (Å²) in [7, 11) is 0. The number of aliphatic hydroxyl groups is 1. The third kappa shape index (κ3) is 6.34. The van der Waals surface area contributed by atoms with Gasteiger partial charge in [-0.2, -0.15) is 0 Å². The van der Waals surface area contributed by atoms with E-state index < -0.39 is 6.10 Å². The Kier molecular flexibility index (Phi) is 8.51. The Labute approximate surface area is 162 Å². The fourth-order valence-corrected chi connectivity index (χ4v) is 3.95. The maximum atomic E-state index is 10.7. The van der Waals surface area contributed by atoms with E-state index in [1.165, 1.54) is 19.3 Å². The second-order valence-corrected chi connectivity index (χ2v) is 9.23.